The van der Waals surface area contributed by atoms with E-state index in [1.54, 1.807) is 0 Å². The lowest BCUT2D eigenvalue weighted by Gasteiger charge is -2.26. The number of amides is 4. The summed E-state index contributed by atoms with van der Waals surface area (Å²) in [7, 11) is 1.37. The molecule has 2 aromatic rings. The highest BCUT2D eigenvalue weighted by Crippen LogP contribution is 2.42. The molecule has 0 aliphatic carbocycles. The van der Waals surface area contributed by atoms with Gasteiger partial charge in [0.05, 0.1) is 17.3 Å². The van der Waals surface area contributed by atoms with E-state index in [-0.39, 0.29) is 22.8 Å². The molecule has 27 heavy (non-hydrogen) atoms. The van der Waals surface area contributed by atoms with E-state index >= 15 is 0 Å². The molecule has 0 radical (unpaired) electrons. The molecule has 8 nitrogen and oxygen atoms in total. The van der Waals surface area contributed by atoms with Gasteiger partial charge in [0, 0.05) is 16.9 Å². The number of carbonyl (C=O) groups is 3. The zero-order valence-corrected chi connectivity index (χ0v) is 16.9. The Hall–Kier alpha value is -2.72. The fourth-order valence-electron chi connectivity index (χ4n) is 2.41. The van der Waals surface area contributed by atoms with Crippen molar-refractivity contribution in [3.8, 4) is 11.5 Å². The lowest BCUT2D eigenvalue weighted by Crippen LogP contribution is -2.54. The van der Waals surface area contributed by atoms with Crippen molar-refractivity contribution in [3.63, 3.8) is 0 Å². The van der Waals surface area contributed by atoms with E-state index in [2.05, 4.69) is 42.2 Å². The maximum Gasteiger partial charge on any atom is 0.335 e. The molecule has 1 aromatic carbocycles. The van der Waals surface area contributed by atoms with E-state index in [1.165, 1.54) is 43.8 Å². The number of hydrogen-bond acceptors (Lipinski definition) is 6. The number of phenolic OH excluding ortho intramolecular Hbond substituents is 1. The van der Waals surface area contributed by atoms with Crippen LogP contribution in [0.15, 0.2) is 45.1 Å². The van der Waals surface area contributed by atoms with Gasteiger partial charge in [-0.1, -0.05) is 0 Å². The predicted molar refractivity (Wildman–Crippen MR) is 103 cm³/mol. The molecule has 0 saturated carbocycles. The highest BCUT2D eigenvalue weighted by atomic mass is 79.9. The van der Waals surface area contributed by atoms with Crippen molar-refractivity contribution in [3.05, 3.63) is 50.7 Å². The summed E-state index contributed by atoms with van der Waals surface area (Å²) in [5, 5.41) is 12.1. The summed E-state index contributed by atoms with van der Waals surface area (Å²) in [6, 6.07) is 3.55. The first kappa shape index (κ1) is 19.1. The first-order valence-electron chi connectivity index (χ1n) is 7.41. The molecule has 138 valence electrons. The summed E-state index contributed by atoms with van der Waals surface area (Å²) < 4.78 is 5.78. The second-order valence-electron chi connectivity index (χ2n) is 5.31. The molecule has 1 aromatic heterocycles. The molecular weight excluding hydrogens is 486 g/mol. The van der Waals surface area contributed by atoms with Gasteiger partial charge in [0.25, 0.3) is 11.8 Å². The third kappa shape index (κ3) is 3.45. The van der Waals surface area contributed by atoms with Crippen LogP contribution in [0.25, 0.3) is 6.08 Å². The molecule has 10 heteroatoms. The van der Waals surface area contributed by atoms with E-state index in [9.17, 15) is 19.5 Å². The number of imide groups is 2. The zero-order valence-electron chi connectivity index (χ0n) is 13.7. The monoisotopic (exact) mass is 495 g/mol. The molecule has 1 aliphatic rings. The van der Waals surface area contributed by atoms with Gasteiger partial charge in [0.2, 0.25) is 0 Å². The summed E-state index contributed by atoms with van der Waals surface area (Å²) in [5.41, 5.74) is 0.403. The van der Waals surface area contributed by atoms with Crippen LogP contribution in [0.3, 0.4) is 0 Å². The van der Waals surface area contributed by atoms with Crippen LogP contribution in [0.1, 0.15) is 5.56 Å². The molecule has 0 bridgehead atoms. The number of methoxy groups -OCH3 is 1. The molecule has 0 unspecified atom stereocenters. The van der Waals surface area contributed by atoms with Gasteiger partial charge >= 0.3 is 6.03 Å². The number of aromatic hydroxyl groups is 1. The van der Waals surface area contributed by atoms with E-state index < -0.39 is 17.8 Å². The number of barbiturate groups is 1. The Balaban J connectivity index is 2.10. The van der Waals surface area contributed by atoms with Crippen LogP contribution in [0.5, 0.6) is 11.5 Å². The Bertz CT molecular complexity index is 992. The fourth-order valence-corrected chi connectivity index (χ4v) is 3.25. The normalized spacial score (nSPS) is 15.9. The van der Waals surface area contributed by atoms with Crippen molar-refractivity contribution in [2.24, 2.45) is 0 Å². The Morgan fingerprint density at radius 1 is 1.19 bits per heavy atom. The van der Waals surface area contributed by atoms with Crippen LogP contribution in [-0.2, 0) is 9.59 Å². The number of urea groups is 1. The van der Waals surface area contributed by atoms with E-state index in [4.69, 9.17) is 4.74 Å². The van der Waals surface area contributed by atoms with Crippen molar-refractivity contribution in [1.82, 2.24) is 10.3 Å². The molecule has 1 saturated heterocycles. The number of rotatable bonds is 3. The van der Waals surface area contributed by atoms with Crippen molar-refractivity contribution < 1.29 is 24.2 Å². The highest BCUT2D eigenvalue weighted by molar-refractivity contribution is 9.13. The average Bonchev–Trinajstić information content (AvgIpc) is 2.65. The molecule has 1 fully saturated rings. The number of pyridine rings is 1. The Labute approximate surface area is 170 Å². The minimum absolute atomic E-state index is 0.139. The van der Waals surface area contributed by atoms with Crippen molar-refractivity contribution >= 4 is 61.5 Å². The number of carbonyl (C=O) groups excluding carboxylic acids is 3. The van der Waals surface area contributed by atoms with Gasteiger partial charge in [-0.05, 0) is 61.7 Å². The SMILES string of the molecule is COc1cc(/C=C2\C(=O)NC(=O)N(c3ccncc3)C2=O)c(Br)c(Br)c1O. The predicted octanol–water partition coefficient (Wildman–Crippen LogP) is 2.99. The lowest BCUT2D eigenvalue weighted by atomic mass is 10.1. The summed E-state index contributed by atoms with van der Waals surface area (Å²) in [6.45, 7) is 0. The number of phenols is 1. The van der Waals surface area contributed by atoms with E-state index in [0.717, 1.165) is 4.90 Å². The van der Waals surface area contributed by atoms with Gasteiger partial charge in [-0.3, -0.25) is 19.9 Å². The molecular formula is C17H11Br2N3O5. The van der Waals surface area contributed by atoms with Gasteiger partial charge in [0.15, 0.2) is 11.5 Å². The van der Waals surface area contributed by atoms with Crippen LogP contribution in [0.2, 0.25) is 0 Å². The summed E-state index contributed by atoms with van der Waals surface area (Å²) in [5.74, 6) is -1.61. The fraction of sp³-hybridized carbons (Fsp3) is 0.0588. The third-order valence-electron chi connectivity index (χ3n) is 3.72. The van der Waals surface area contributed by atoms with Gasteiger partial charge in [0.1, 0.15) is 5.57 Å². The average molecular weight is 497 g/mol. The van der Waals surface area contributed by atoms with Crippen molar-refractivity contribution in [2.45, 2.75) is 0 Å². The smallest absolute Gasteiger partial charge is 0.335 e. The second-order valence-corrected chi connectivity index (χ2v) is 6.89. The number of nitrogens with zero attached hydrogens (tertiary/aromatic N) is 2. The van der Waals surface area contributed by atoms with Gasteiger partial charge in [-0.2, -0.15) is 0 Å². The summed E-state index contributed by atoms with van der Waals surface area (Å²) >= 11 is 6.51. The molecule has 0 spiro atoms. The zero-order chi connectivity index (χ0) is 19.7. The molecule has 2 heterocycles. The lowest BCUT2D eigenvalue weighted by molar-refractivity contribution is -0.122. The van der Waals surface area contributed by atoms with Gasteiger partial charge in [-0.15, -0.1) is 0 Å². The number of aromatic nitrogens is 1. The van der Waals surface area contributed by atoms with E-state index in [0.29, 0.717) is 14.5 Å². The van der Waals surface area contributed by atoms with Gasteiger partial charge < -0.3 is 9.84 Å². The maximum absolute atomic E-state index is 12.8. The van der Waals surface area contributed by atoms with Crippen LogP contribution in [0.4, 0.5) is 10.5 Å². The quantitative estimate of drug-likeness (QED) is 0.499. The second kappa shape index (κ2) is 7.49. The van der Waals surface area contributed by atoms with Gasteiger partial charge in [-0.25, -0.2) is 9.69 Å². The van der Waals surface area contributed by atoms with Crippen LogP contribution < -0.4 is 15.0 Å². The molecule has 0 atom stereocenters. The number of nitrogens with one attached hydrogen (secondary N) is 1. The minimum atomic E-state index is -0.850. The molecule has 4 amide bonds. The van der Waals surface area contributed by atoms with Crippen LogP contribution in [0, 0.1) is 0 Å². The Morgan fingerprint density at radius 2 is 1.85 bits per heavy atom. The number of ether oxygens (including phenoxy) is 1. The van der Waals surface area contributed by atoms with E-state index in [1.807, 2.05) is 0 Å². The van der Waals surface area contributed by atoms with Crippen LogP contribution in [-0.4, -0.2) is 35.0 Å². The Kier molecular flexibility index (Phi) is 5.29. The maximum atomic E-state index is 12.8. The minimum Gasteiger partial charge on any atom is -0.503 e. The number of benzene rings is 1. The number of hydrogen-bond donors (Lipinski definition) is 2. The first-order chi connectivity index (χ1) is 12.8. The molecule has 1 aliphatic heterocycles. The van der Waals surface area contributed by atoms with Crippen molar-refractivity contribution in [2.75, 3.05) is 12.0 Å². The highest BCUT2D eigenvalue weighted by Gasteiger charge is 2.37. The van der Waals surface area contributed by atoms with Crippen molar-refractivity contribution in [1.29, 1.82) is 0 Å². The first-order valence-corrected chi connectivity index (χ1v) is 9.00. The standard InChI is InChI=1S/C17H11Br2N3O5/c1-27-11-7-8(12(18)13(19)14(11)23)6-10-15(24)21-17(26)22(16(10)25)9-2-4-20-5-3-9/h2-7,23H,1H3,(H,21,24,26)/b10-6+. The Morgan fingerprint density at radius 3 is 2.48 bits per heavy atom. The summed E-state index contributed by atoms with van der Waals surface area (Å²) in [6.07, 6.45) is 4.15. The molecule has 2 N–H and O–H groups in total. The van der Waals surface area contributed by atoms with Crippen LogP contribution >= 0.6 is 31.9 Å². The number of halogens is 2. The largest absolute Gasteiger partial charge is 0.503 e. The number of anilines is 1. The third-order valence-corrected chi connectivity index (χ3v) is 5.87. The molecule has 3 rings (SSSR count). The topological polar surface area (TPSA) is 109 Å². The summed E-state index contributed by atoms with van der Waals surface area (Å²) in [4.78, 5) is 41.9.